The molecule has 1 heterocycles. The van der Waals surface area contributed by atoms with Crippen LogP contribution in [-0.2, 0) is 23.6 Å². The zero-order valence-corrected chi connectivity index (χ0v) is 7.50. The van der Waals surface area contributed by atoms with Crippen molar-refractivity contribution in [3.8, 4) is 0 Å². The minimum atomic E-state index is -3.85. The number of aromatic amines is 1. The lowest BCUT2D eigenvalue weighted by atomic mass is 10.4. The van der Waals surface area contributed by atoms with Gasteiger partial charge < -0.3 is 0 Å². The van der Waals surface area contributed by atoms with E-state index in [1.165, 1.54) is 0 Å². The zero-order chi connectivity index (χ0) is 9.19. The van der Waals surface area contributed by atoms with Crippen molar-refractivity contribution < 1.29 is 17.5 Å². The molecule has 0 unspecified atom stereocenters. The molecule has 68 valence electrons. The van der Waals surface area contributed by atoms with Crippen LogP contribution in [0.15, 0.2) is 12.4 Å². The molecular formula is C6H11N2O3S+. The summed E-state index contributed by atoms with van der Waals surface area (Å²) in [4.78, 5) is 2.87. The van der Waals surface area contributed by atoms with E-state index in [1.54, 1.807) is 24.0 Å². The number of hydrogen-bond donors (Lipinski definition) is 2. The molecule has 0 saturated carbocycles. The number of imidazole rings is 1. The Kier molecular flexibility index (Phi) is 2.49. The molecule has 0 saturated heterocycles. The SMILES string of the molecule is C[n+]1cc[nH]c1CCS(=O)(=O)O. The summed E-state index contributed by atoms with van der Waals surface area (Å²) in [7, 11) is -2.05. The van der Waals surface area contributed by atoms with Crippen LogP contribution < -0.4 is 4.57 Å². The fourth-order valence-electron chi connectivity index (χ4n) is 0.911. The Labute approximate surface area is 70.8 Å². The lowest BCUT2D eigenvalue weighted by Gasteiger charge is -1.92. The Morgan fingerprint density at radius 2 is 2.33 bits per heavy atom. The third-order valence-electron chi connectivity index (χ3n) is 1.57. The second-order valence-corrected chi connectivity index (χ2v) is 4.13. The smallest absolute Gasteiger partial charge is 0.265 e. The Bertz CT molecular complexity index is 355. The van der Waals surface area contributed by atoms with Crippen LogP contribution in [0.25, 0.3) is 0 Å². The Hall–Kier alpha value is -0.880. The van der Waals surface area contributed by atoms with E-state index in [2.05, 4.69) is 4.98 Å². The highest BCUT2D eigenvalue weighted by molar-refractivity contribution is 7.85. The average molecular weight is 191 g/mol. The first-order valence-corrected chi connectivity index (χ1v) is 5.07. The van der Waals surface area contributed by atoms with Crippen LogP contribution in [0.2, 0.25) is 0 Å². The molecule has 0 radical (unpaired) electrons. The van der Waals surface area contributed by atoms with Gasteiger partial charge in [0.25, 0.3) is 15.9 Å². The van der Waals surface area contributed by atoms with E-state index in [0.29, 0.717) is 6.42 Å². The third kappa shape index (κ3) is 2.63. The molecule has 0 aliphatic carbocycles. The maximum absolute atomic E-state index is 10.4. The van der Waals surface area contributed by atoms with Gasteiger partial charge in [-0.1, -0.05) is 0 Å². The predicted molar refractivity (Wildman–Crippen MR) is 42.1 cm³/mol. The van der Waals surface area contributed by atoms with Crippen molar-refractivity contribution >= 4 is 10.1 Å². The van der Waals surface area contributed by atoms with Gasteiger partial charge in [-0.15, -0.1) is 0 Å². The van der Waals surface area contributed by atoms with E-state index >= 15 is 0 Å². The highest BCUT2D eigenvalue weighted by Gasteiger charge is 2.11. The van der Waals surface area contributed by atoms with Crippen LogP contribution in [-0.4, -0.2) is 23.7 Å². The van der Waals surface area contributed by atoms with Crippen molar-refractivity contribution in [1.29, 1.82) is 0 Å². The summed E-state index contributed by atoms with van der Waals surface area (Å²) in [5.41, 5.74) is 0. The van der Waals surface area contributed by atoms with E-state index in [0.717, 1.165) is 5.82 Å². The van der Waals surface area contributed by atoms with Gasteiger partial charge in [-0.25, -0.2) is 9.55 Å². The molecule has 0 amide bonds. The van der Waals surface area contributed by atoms with Crippen LogP contribution in [0.3, 0.4) is 0 Å². The number of H-pyrrole nitrogens is 1. The standard InChI is InChI=1S/C6H10N2O3S/c1-8-4-3-7-6(8)2-5-12(9,10)11/h3-4H,2,5H2,1H3,(H,9,10,11)/p+1. The molecule has 5 nitrogen and oxygen atoms in total. The Morgan fingerprint density at radius 1 is 1.67 bits per heavy atom. The molecule has 0 bridgehead atoms. The van der Waals surface area contributed by atoms with Crippen molar-refractivity contribution in [2.24, 2.45) is 7.05 Å². The molecule has 1 rings (SSSR count). The monoisotopic (exact) mass is 191 g/mol. The molecule has 0 atom stereocenters. The Morgan fingerprint density at radius 3 is 2.75 bits per heavy atom. The molecule has 2 N–H and O–H groups in total. The molecule has 1 aromatic heterocycles. The first kappa shape index (κ1) is 9.21. The molecule has 0 fully saturated rings. The molecule has 0 aromatic carbocycles. The van der Waals surface area contributed by atoms with Crippen LogP contribution >= 0.6 is 0 Å². The third-order valence-corrected chi connectivity index (χ3v) is 2.29. The summed E-state index contributed by atoms with van der Waals surface area (Å²) in [6.45, 7) is 0. The molecule has 0 aliphatic heterocycles. The maximum Gasteiger partial charge on any atom is 0.265 e. The Balaban J connectivity index is 2.61. The van der Waals surface area contributed by atoms with Gasteiger partial charge in [0.15, 0.2) is 0 Å². The number of aryl methyl sites for hydroxylation is 2. The van der Waals surface area contributed by atoms with Crippen LogP contribution in [0.4, 0.5) is 0 Å². The van der Waals surface area contributed by atoms with Gasteiger partial charge in [0.1, 0.15) is 12.4 Å². The molecule has 6 heteroatoms. The molecule has 0 spiro atoms. The van der Waals surface area contributed by atoms with E-state index in [1.807, 2.05) is 0 Å². The molecular weight excluding hydrogens is 180 g/mol. The highest BCUT2D eigenvalue weighted by atomic mass is 32.2. The first-order valence-electron chi connectivity index (χ1n) is 3.46. The van der Waals surface area contributed by atoms with Crippen LogP contribution in [0.5, 0.6) is 0 Å². The number of aromatic nitrogens is 2. The normalized spacial score (nSPS) is 11.8. The summed E-state index contributed by atoms with van der Waals surface area (Å²) in [6, 6.07) is 0. The minimum Gasteiger partial charge on any atom is -0.286 e. The quantitative estimate of drug-likeness (QED) is 0.488. The molecule has 0 aliphatic rings. The topological polar surface area (TPSA) is 74.0 Å². The van der Waals surface area contributed by atoms with E-state index in [-0.39, 0.29) is 5.75 Å². The summed E-state index contributed by atoms with van der Waals surface area (Å²) in [5, 5.41) is 0. The van der Waals surface area contributed by atoms with Crippen molar-refractivity contribution in [3.63, 3.8) is 0 Å². The van der Waals surface area contributed by atoms with E-state index in [9.17, 15) is 8.42 Å². The summed E-state index contributed by atoms with van der Waals surface area (Å²) in [5.74, 6) is 0.522. The van der Waals surface area contributed by atoms with Gasteiger partial charge in [0.2, 0.25) is 0 Å². The highest BCUT2D eigenvalue weighted by Crippen LogP contribution is 1.91. The van der Waals surface area contributed by atoms with Crippen molar-refractivity contribution in [3.05, 3.63) is 18.2 Å². The summed E-state index contributed by atoms with van der Waals surface area (Å²) < 4.78 is 31.0. The fourth-order valence-corrected chi connectivity index (χ4v) is 1.36. The number of rotatable bonds is 3. The molecule has 1 aromatic rings. The lowest BCUT2D eigenvalue weighted by Crippen LogP contribution is -2.31. The number of nitrogens with zero attached hydrogens (tertiary/aromatic N) is 1. The van der Waals surface area contributed by atoms with Gasteiger partial charge in [0, 0.05) is 0 Å². The van der Waals surface area contributed by atoms with E-state index in [4.69, 9.17) is 4.55 Å². The second-order valence-electron chi connectivity index (χ2n) is 2.55. The summed E-state index contributed by atoms with van der Waals surface area (Å²) in [6.07, 6.45) is 3.78. The van der Waals surface area contributed by atoms with Crippen molar-refractivity contribution in [2.45, 2.75) is 6.42 Å². The van der Waals surface area contributed by atoms with Crippen molar-refractivity contribution in [1.82, 2.24) is 4.98 Å². The average Bonchev–Trinajstić information content (AvgIpc) is 2.29. The van der Waals surface area contributed by atoms with E-state index < -0.39 is 10.1 Å². The minimum absolute atomic E-state index is 0.249. The fraction of sp³-hybridized carbons (Fsp3) is 0.500. The van der Waals surface area contributed by atoms with Gasteiger partial charge in [-0.3, -0.25) is 4.55 Å². The van der Waals surface area contributed by atoms with Crippen LogP contribution in [0.1, 0.15) is 5.82 Å². The second kappa shape index (κ2) is 3.24. The predicted octanol–water partition coefficient (Wildman–Crippen LogP) is -0.730. The van der Waals surface area contributed by atoms with Gasteiger partial charge in [0.05, 0.1) is 19.2 Å². The van der Waals surface area contributed by atoms with Crippen molar-refractivity contribution in [2.75, 3.05) is 5.75 Å². The van der Waals surface area contributed by atoms with Gasteiger partial charge in [-0.05, 0) is 0 Å². The summed E-state index contributed by atoms with van der Waals surface area (Å²) >= 11 is 0. The van der Waals surface area contributed by atoms with Gasteiger partial charge in [-0.2, -0.15) is 8.42 Å². The first-order chi connectivity index (χ1) is 5.49. The zero-order valence-electron chi connectivity index (χ0n) is 6.69. The lowest BCUT2D eigenvalue weighted by molar-refractivity contribution is -0.677. The number of nitrogens with one attached hydrogen (secondary N) is 1. The molecule has 12 heavy (non-hydrogen) atoms. The van der Waals surface area contributed by atoms with Crippen LogP contribution in [0, 0.1) is 0 Å². The van der Waals surface area contributed by atoms with Gasteiger partial charge >= 0.3 is 0 Å². The number of hydrogen-bond acceptors (Lipinski definition) is 2. The maximum atomic E-state index is 10.4. The largest absolute Gasteiger partial charge is 0.286 e.